The molecule has 0 bridgehead atoms. The number of aliphatic hydroxyl groups excluding tert-OH is 1. The van der Waals surface area contributed by atoms with Crippen molar-refractivity contribution in [1.82, 2.24) is 9.88 Å². The highest BCUT2D eigenvalue weighted by Gasteiger charge is 2.27. The predicted molar refractivity (Wildman–Crippen MR) is 129 cm³/mol. The fourth-order valence-corrected chi connectivity index (χ4v) is 4.85. The molecule has 1 aromatic heterocycles. The summed E-state index contributed by atoms with van der Waals surface area (Å²) in [5, 5.41) is 21.0. The van der Waals surface area contributed by atoms with Gasteiger partial charge in [-0.3, -0.25) is 4.90 Å². The first kappa shape index (κ1) is 24.5. The Labute approximate surface area is 205 Å². The Bertz CT molecular complexity index is 1160. The normalized spacial score (nSPS) is 15.1. The third-order valence-electron chi connectivity index (χ3n) is 6.22. The van der Waals surface area contributed by atoms with Crippen molar-refractivity contribution < 1.29 is 28.9 Å². The number of benzene rings is 2. The van der Waals surface area contributed by atoms with Crippen LogP contribution in [0.2, 0.25) is 0 Å². The molecule has 0 amide bonds. The molecule has 2 heterocycles. The lowest BCUT2D eigenvalue weighted by Crippen LogP contribution is -2.34. The van der Waals surface area contributed by atoms with Crippen LogP contribution in [0.25, 0.3) is 10.9 Å². The molecule has 0 radical (unpaired) electrons. The number of likely N-dealkylation sites (tertiary alicyclic amines) is 1. The van der Waals surface area contributed by atoms with Crippen molar-refractivity contribution in [2.75, 3.05) is 26.3 Å². The van der Waals surface area contributed by atoms with Gasteiger partial charge in [-0.2, -0.15) is 0 Å². The molecule has 2 aromatic carbocycles. The Morgan fingerprint density at radius 1 is 1.26 bits per heavy atom. The van der Waals surface area contributed by atoms with Crippen LogP contribution in [0.5, 0.6) is 11.5 Å². The summed E-state index contributed by atoms with van der Waals surface area (Å²) >= 11 is 3.43. The van der Waals surface area contributed by atoms with Gasteiger partial charge in [0, 0.05) is 29.6 Å². The van der Waals surface area contributed by atoms with Crippen molar-refractivity contribution >= 4 is 32.8 Å². The number of aliphatic hydroxyl groups is 1. The second-order valence-electron chi connectivity index (χ2n) is 8.45. The van der Waals surface area contributed by atoms with Crippen LogP contribution in [-0.2, 0) is 17.9 Å². The number of carbonyl (C=O) groups excluding carboxylic acids is 1. The summed E-state index contributed by atoms with van der Waals surface area (Å²) in [6, 6.07) is 7.38. The van der Waals surface area contributed by atoms with Crippen molar-refractivity contribution in [3.05, 3.63) is 57.4 Å². The predicted octanol–water partition coefficient (Wildman–Crippen LogP) is 4.74. The molecular weight excluding hydrogens is 507 g/mol. The monoisotopic (exact) mass is 534 g/mol. The minimum Gasteiger partial charge on any atom is -0.506 e. The second kappa shape index (κ2) is 10.8. The summed E-state index contributed by atoms with van der Waals surface area (Å²) in [5.74, 6) is -0.0327. The van der Waals surface area contributed by atoms with Crippen LogP contribution >= 0.6 is 15.9 Å². The molecule has 7 nitrogen and oxygen atoms in total. The lowest BCUT2D eigenvalue weighted by molar-refractivity contribution is 0.0525. The number of ether oxygens (including phenoxy) is 2. The molecule has 0 atom stereocenters. The number of piperidine rings is 1. The number of carbonyl (C=O) groups is 1. The number of nitrogens with one attached hydrogen (secondary N) is 1. The summed E-state index contributed by atoms with van der Waals surface area (Å²) in [7, 11) is 0. The highest BCUT2D eigenvalue weighted by atomic mass is 79.9. The van der Waals surface area contributed by atoms with Gasteiger partial charge in [-0.15, -0.1) is 0 Å². The number of phenolic OH excluding ortho intramolecular Hbond substituents is 1. The van der Waals surface area contributed by atoms with Gasteiger partial charge in [-0.25, -0.2) is 9.18 Å². The number of nitrogens with zero attached hydrogens (tertiary/aromatic N) is 1. The number of H-pyrrole nitrogens is 1. The molecule has 9 heteroatoms. The molecule has 34 heavy (non-hydrogen) atoms. The van der Waals surface area contributed by atoms with Crippen LogP contribution in [0.4, 0.5) is 4.39 Å². The zero-order valence-corrected chi connectivity index (χ0v) is 20.5. The van der Waals surface area contributed by atoms with Crippen molar-refractivity contribution in [1.29, 1.82) is 0 Å². The highest BCUT2D eigenvalue weighted by molar-refractivity contribution is 9.10. The molecule has 0 spiro atoms. The van der Waals surface area contributed by atoms with E-state index in [-0.39, 0.29) is 31.4 Å². The third-order valence-corrected chi connectivity index (χ3v) is 6.82. The van der Waals surface area contributed by atoms with Crippen LogP contribution in [0.3, 0.4) is 0 Å². The smallest absolute Gasteiger partial charge is 0.340 e. The van der Waals surface area contributed by atoms with Gasteiger partial charge in [0.15, 0.2) is 0 Å². The van der Waals surface area contributed by atoms with Gasteiger partial charge in [0.1, 0.15) is 23.9 Å². The summed E-state index contributed by atoms with van der Waals surface area (Å²) in [6.45, 7) is 4.19. The largest absolute Gasteiger partial charge is 0.506 e. The van der Waals surface area contributed by atoms with Gasteiger partial charge in [-0.1, -0.05) is 0 Å². The average molecular weight is 535 g/mol. The van der Waals surface area contributed by atoms with E-state index >= 15 is 0 Å². The van der Waals surface area contributed by atoms with E-state index in [4.69, 9.17) is 9.47 Å². The fraction of sp³-hybridized carbons (Fsp3) is 0.400. The van der Waals surface area contributed by atoms with E-state index < -0.39 is 5.97 Å². The van der Waals surface area contributed by atoms with Gasteiger partial charge in [-0.05, 0) is 85.0 Å². The Morgan fingerprint density at radius 3 is 2.62 bits per heavy atom. The van der Waals surface area contributed by atoms with Crippen molar-refractivity contribution in [3.63, 3.8) is 0 Å². The molecule has 0 saturated carbocycles. The molecule has 182 valence electrons. The number of hydrogen-bond acceptors (Lipinski definition) is 6. The van der Waals surface area contributed by atoms with E-state index in [0.29, 0.717) is 50.4 Å². The Hall–Kier alpha value is -2.62. The SMILES string of the molecule is CCOC(=O)c1c(COc2ccc(F)cc2)[nH]c2cc(Br)c(O)c(CN3CCC(CO)CC3)c12. The van der Waals surface area contributed by atoms with Crippen molar-refractivity contribution in [2.45, 2.75) is 32.9 Å². The van der Waals surface area contributed by atoms with E-state index in [1.54, 1.807) is 13.0 Å². The van der Waals surface area contributed by atoms with Crippen LogP contribution in [0.1, 0.15) is 41.4 Å². The standard InChI is InChI=1S/C25H28BrFN2O5/c1-2-33-25(32)23-21(14-34-17-5-3-16(27)4-6-17)28-20-11-19(26)24(31)18(22(20)23)12-29-9-7-15(13-30)8-10-29/h3-6,11,15,28,30-31H,2,7-10,12-14H2,1H3. The summed E-state index contributed by atoms with van der Waals surface area (Å²) in [6.07, 6.45) is 1.76. The van der Waals surface area contributed by atoms with Gasteiger partial charge in [0.25, 0.3) is 0 Å². The van der Waals surface area contributed by atoms with E-state index in [0.717, 1.165) is 25.9 Å². The molecule has 1 saturated heterocycles. The molecule has 0 unspecified atom stereocenters. The Kier molecular flexibility index (Phi) is 7.75. The number of rotatable bonds is 8. The first-order valence-electron chi connectivity index (χ1n) is 11.3. The van der Waals surface area contributed by atoms with E-state index in [9.17, 15) is 19.4 Å². The van der Waals surface area contributed by atoms with Gasteiger partial charge >= 0.3 is 5.97 Å². The maximum atomic E-state index is 13.2. The topological polar surface area (TPSA) is 95.0 Å². The van der Waals surface area contributed by atoms with Gasteiger partial charge < -0.3 is 24.7 Å². The van der Waals surface area contributed by atoms with E-state index in [2.05, 4.69) is 25.8 Å². The first-order chi connectivity index (χ1) is 16.4. The van der Waals surface area contributed by atoms with Crippen LogP contribution < -0.4 is 4.74 Å². The quantitative estimate of drug-likeness (QED) is 0.361. The molecule has 1 fully saturated rings. The molecule has 0 aliphatic carbocycles. The molecule has 3 N–H and O–H groups in total. The maximum Gasteiger partial charge on any atom is 0.340 e. The van der Waals surface area contributed by atoms with Crippen LogP contribution in [0, 0.1) is 11.7 Å². The fourth-order valence-electron chi connectivity index (χ4n) is 4.38. The van der Waals surface area contributed by atoms with Crippen molar-refractivity contribution in [2.24, 2.45) is 5.92 Å². The molecular formula is C25H28BrFN2O5. The summed E-state index contributed by atoms with van der Waals surface area (Å²) in [5.41, 5.74) is 2.13. The first-order valence-corrected chi connectivity index (χ1v) is 12.1. The molecule has 1 aliphatic heterocycles. The zero-order valence-electron chi connectivity index (χ0n) is 18.9. The number of phenols is 1. The summed E-state index contributed by atoms with van der Waals surface area (Å²) < 4.78 is 24.9. The summed E-state index contributed by atoms with van der Waals surface area (Å²) in [4.78, 5) is 18.5. The highest BCUT2D eigenvalue weighted by Crippen LogP contribution is 2.39. The third kappa shape index (κ3) is 5.21. The van der Waals surface area contributed by atoms with E-state index in [1.807, 2.05) is 0 Å². The number of esters is 1. The van der Waals surface area contributed by atoms with Crippen LogP contribution in [-0.4, -0.2) is 52.4 Å². The lowest BCUT2D eigenvalue weighted by atomic mass is 9.96. The molecule has 1 aliphatic rings. The maximum absolute atomic E-state index is 13.2. The minimum atomic E-state index is -0.506. The number of aromatic amines is 1. The number of hydrogen-bond donors (Lipinski definition) is 3. The second-order valence-corrected chi connectivity index (χ2v) is 9.31. The van der Waals surface area contributed by atoms with Gasteiger partial charge in [0.05, 0.1) is 22.3 Å². The van der Waals surface area contributed by atoms with E-state index in [1.165, 1.54) is 24.3 Å². The van der Waals surface area contributed by atoms with Crippen molar-refractivity contribution in [3.8, 4) is 11.5 Å². The number of aromatic nitrogens is 1. The number of aromatic hydroxyl groups is 1. The Morgan fingerprint density at radius 2 is 1.97 bits per heavy atom. The van der Waals surface area contributed by atoms with Gasteiger partial charge in [0.2, 0.25) is 0 Å². The number of halogens is 2. The average Bonchev–Trinajstić information content (AvgIpc) is 3.20. The Balaban J connectivity index is 1.72. The molecule has 3 aromatic rings. The molecule has 4 rings (SSSR count). The zero-order chi connectivity index (χ0) is 24.2. The number of fused-ring (bicyclic) bond motifs is 1. The lowest BCUT2D eigenvalue weighted by Gasteiger charge is -2.31. The minimum absolute atomic E-state index is 0.0359. The van der Waals surface area contributed by atoms with Crippen LogP contribution in [0.15, 0.2) is 34.8 Å².